The third kappa shape index (κ3) is 3.04. The number of nitrogens with zero attached hydrogens (tertiary/aromatic N) is 1. The average Bonchev–Trinajstić information content (AvgIpc) is 2.32. The molecule has 1 aromatic rings. The Balaban J connectivity index is 1.99. The van der Waals surface area contributed by atoms with Gasteiger partial charge in [-0.1, -0.05) is 13.8 Å². The molecule has 1 aliphatic rings. The van der Waals surface area contributed by atoms with Crippen LogP contribution in [-0.4, -0.2) is 6.04 Å². The van der Waals surface area contributed by atoms with Crippen molar-refractivity contribution in [2.75, 3.05) is 5.32 Å². The van der Waals surface area contributed by atoms with Crippen molar-refractivity contribution in [2.24, 2.45) is 5.41 Å². The number of hydrogen-bond acceptors (Lipinski definition) is 2. The summed E-state index contributed by atoms with van der Waals surface area (Å²) in [7, 11) is 0. The summed E-state index contributed by atoms with van der Waals surface area (Å²) in [4.78, 5) is 0. The second kappa shape index (κ2) is 5.02. The van der Waals surface area contributed by atoms with Crippen LogP contribution >= 0.6 is 0 Å². The van der Waals surface area contributed by atoms with Crippen molar-refractivity contribution in [1.82, 2.24) is 0 Å². The smallest absolute Gasteiger partial charge is 0.0994 e. The van der Waals surface area contributed by atoms with Crippen LogP contribution < -0.4 is 5.32 Å². The number of rotatable bonds is 2. The second-order valence-electron chi connectivity index (χ2n) is 6.22. The molecule has 2 rings (SSSR count). The fourth-order valence-corrected chi connectivity index (χ4v) is 2.66. The van der Waals surface area contributed by atoms with Gasteiger partial charge in [-0.25, -0.2) is 0 Å². The molecule has 0 saturated heterocycles. The number of benzene rings is 1. The van der Waals surface area contributed by atoms with Gasteiger partial charge in [0.25, 0.3) is 0 Å². The molecule has 0 amide bonds. The molecule has 18 heavy (non-hydrogen) atoms. The zero-order chi connectivity index (χ0) is 13.2. The van der Waals surface area contributed by atoms with Gasteiger partial charge in [0, 0.05) is 11.7 Å². The Labute approximate surface area is 110 Å². The number of aryl methyl sites for hydroxylation is 1. The first-order chi connectivity index (χ1) is 8.50. The molecule has 2 nitrogen and oxygen atoms in total. The van der Waals surface area contributed by atoms with Crippen LogP contribution in [0.2, 0.25) is 0 Å². The molecule has 0 bridgehead atoms. The largest absolute Gasteiger partial charge is 0.382 e. The van der Waals surface area contributed by atoms with Gasteiger partial charge in [-0.15, -0.1) is 0 Å². The number of hydrogen-bond donors (Lipinski definition) is 1. The summed E-state index contributed by atoms with van der Waals surface area (Å²) in [6.45, 7) is 6.71. The van der Waals surface area contributed by atoms with E-state index < -0.39 is 0 Å². The molecular formula is C16H22N2. The van der Waals surface area contributed by atoms with Crippen molar-refractivity contribution in [3.05, 3.63) is 29.3 Å². The summed E-state index contributed by atoms with van der Waals surface area (Å²) < 4.78 is 0. The minimum atomic E-state index is 0.513. The first kappa shape index (κ1) is 13.0. The quantitative estimate of drug-likeness (QED) is 0.841. The lowest BCUT2D eigenvalue weighted by molar-refractivity contribution is 0.232. The van der Waals surface area contributed by atoms with Gasteiger partial charge in [0.15, 0.2) is 0 Å². The lowest BCUT2D eigenvalue weighted by Gasteiger charge is -2.35. The molecule has 0 radical (unpaired) electrons. The van der Waals surface area contributed by atoms with E-state index in [4.69, 9.17) is 5.26 Å². The summed E-state index contributed by atoms with van der Waals surface area (Å²) in [5.74, 6) is 0. The highest BCUT2D eigenvalue weighted by Gasteiger charge is 2.26. The molecule has 0 heterocycles. The Morgan fingerprint density at radius 3 is 2.50 bits per heavy atom. The molecule has 0 unspecified atom stereocenters. The Kier molecular flexibility index (Phi) is 3.61. The molecule has 0 atom stereocenters. The summed E-state index contributed by atoms with van der Waals surface area (Å²) in [6.07, 6.45) is 5.07. The van der Waals surface area contributed by atoms with Gasteiger partial charge in [0.1, 0.15) is 0 Å². The maximum atomic E-state index is 8.92. The molecule has 1 aliphatic carbocycles. The van der Waals surface area contributed by atoms with E-state index in [0.717, 1.165) is 16.8 Å². The van der Waals surface area contributed by atoms with Gasteiger partial charge < -0.3 is 5.32 Å². The predicted molar refractivity (Wildman–Crippen MR) is 75.6 cm³/mol. The van der Waals surface area contributed by atoms with Crippen molar-refractivity contribution < 1.29 is 0 Å². The van der Waals surface area contributed by atoms with Crippen LogP contribution in [0.5, 0.6) is 0 Å². The molecule has 1 N–H and O–H groups in total. The van der Waals surface area contributed by atoms with E-state index in [2.05, 4.69) is 31.3 Å². The number of nitriles is 1. The van der Waals surface area contributed by atoms with Crippen molar-refractivity contribution >= 4 is 5.69 Å². The Morgan fingerprint density at radius 2 is 1.94 bits per heavy atom. The molecule has 1 aromatic carbocycles. The van der Waals surface area contributed by atoms with Crippen LogP contribution in [0.1, 0.15) is 50.7 Å². The predicted octanol–water partition coefficient (Wildman–Crippen LogP) is 4.25. The van der Waals surface area contributed by atoms with Crippen molar-refractivity contribution in [3.8, 4) is 6.07 Å². The maximum absolute atomic E-state index is 8.92. The van der Waals surface area contributed by atoms with Gasteiger partial charge in [-0.2, -0.15) is 5.26 Å². The maximum Gasteiger partial charge on any atom is 0.0994 e. The van der Waals surface area contributed by atoms with Crippen LogP contribution in [0.15, 0.2) is 18.2 Å². The molecule has 0 aromatic heterocycles. The summed E-state index contributed by atoms with van der Waals surface area (Å²) >= 11 is 0. The lowest BCUT2D eigenvalue weighted by Crippen LogP contribution is -2.29. The third-order valence-corrected chi connectivity index (χ3v) is 4.06. The summed E-state index contributed by atoms with van der Waals surface area (Å²) in [5.41, 5.74) is 3.49. The van der Waals surface area contributed by atoms with Gasteiger partial charge >= 0.3 is 0 Å². The van der Waals surface area contributed by atoms with Crippen molar-refractivity contribution in [1.29, 1.82) is 5.26 Å². The minimum Gasteiger partial charge on any atom is -0.382 e. The first-order valence-corrected chi connectivity index (χ1v) is 6.77. The zero-order valence-corrected chi connectivity index (χ0v) is 11.6. The van der Waals surface area contributed by atoms with Gasteiger partial charge in [-0.3, -0.25) is 0 Å². The second-order valence-corrected chi connectivity index (χ2v) is 6.22. The van der Waals surface area contributed by atoms with E-state index in [9.17, 15) is 0 Å². The molecule has 0 spiro atoms. The Hall–Kier alpha value is -1.49. The fourth-order valence-electron chi connectivity index (χ4n) is 2.66. The van der Waals surface area contributed by atoms with E-state index in [1.54, 1.807) is 0 Å². The van der Waals surface area contributed by atoms with Crippen LogP contribution in [-0.2, 0) is 0 Å². The standard InChI is InChI=1S/C16H22N2/c1-12-10-15(5-4-13(12)11-17)18-14-6-8-16(2,3)9-7-14/h4-5,10,14,18H,6-9H2,1-3H3. The molecule has 2 heteroatoms. The highest BCUT2D eigenvalue weighted by Crippen LogP contribution is 2.36. The normalized spacial score (nSPS) is 19.2. The van der Waals surface area contributed by atoms with E-state index in [1.807, 2.05) is 19.1 Å². The molecule has 1 fully saturated rings. The van der Waals surface area contributed by atoms with Gasteiger partial charge in [0.2, 0.25) is 0 Å². The highest BCUT2D eigenvalue weighted by atomic mass is 14.9. The average molecular weight is 242 g/mol. The molecule has 1 saturated carbocycles. The fraction of sp³-hybridized carbons (Fsp3) is 0.562. The molecular weight excluding hydrogens is 220 g/mol. The topological polar surface area (TPSA) is 35.8 Å². The monoisotopic (exact) mass is 242 g/mol. The highest BCUT2D eigenvalue weighted by molar-refractivity contribution is 5.52. The zero-order valence-electron chi connectivity index (χ0n) is 11.6. The Bertz CT molecular complexity index is 458. The van der Waals surface area contributed by atoms with E-state index in [-0.39, 0.29) is 0 Å². The SMILES string of the molecule is Cc1cc(NC2CCC(C)(C)CC2)ccc1C#N. The number of nitrogens with one attached hydrogen (secondary N) is 1. The van der Waals surface area contributed by atoms with Crippen LogP contribution in [0.4, 0.5) is 5.69 Å². The van der Waals surface area contributed by atoms with E-state index in [1.165, 1.54) is 25.7 Å². The minimum absolute atomic E-state index is 0.513. The van der Waals surface area contributed by atoms with Crippen LogP contribution in [0.3, 0.4) is 0 Å². The summed E-state index contributed by atoms with van der Waals surface area (Å²) in [5, 5.41) is 12.5. The van der Waals surface area contributed by atoms with Crippen molar-refractivity contribution in [2.45, 2.75) is 52.5 Å². The molecule has 96 valence electrons. The van der Waals surface area contributed by atoms with Crippen LogP contribution in [0.25, 0.3) is 0 Å². The van der Waals surface area contributed by atoms with Gasteiger partial charge in [-0.05, 0) is 61.8 Å². The van der Waals surface area contributed by atoms with Crippen LogP contribution in [0, 0.1) is 23.7 Å². The summed E-state index contributed by atoms with van der Waals surface area (Å²) in [6, 6.07) is 8.81. The van der Waals surface area contributed by atoms with E-state index in [0.29, 0.717) is 11.5 Å². The Morgan fingerprint density at radius 1 is 1.28 bits per heavy atom. The molecule has 0 aliphatic heterocycles. The first-order valence-electron chi connectivity index (χ1n) is 6.77. The van der Waals surface area contributed by atoms with Crippen molar-refractivity contribution in [3.63, 3.8) is 0 Å². The number of anilines is 1. The van der Waals surface area contributed by atoms with Gasteiger partial charge in [0.05, 0.1) is 11.6 Å². The lowest BCUT2D eigenvalue weighted by atomic mass is 9.75. The third-order valence-electron chi connectivity index (χ3n) is 4.06. The van der Waals surface area contributed by atoms with E-state index >= 15 is 0 Å².